The van der Waals surface area contributed by atoms with E-state index >= 15 is 0 Å². The second-order valence-corrected chi connectivity index (χ2v) is 5.20. The van der Waals surface area contributed by atoms with Crippen LogP contribution in [-0.2, 0) is 11.2 Å². The van der Waals surface area contributed by atoms with Gasteiger partial charge in [-0.25, -0.2) is 0 Å². The van der Waals surface area contributed by atoms with Crippen LogP contribution < -0.4 is 5.32 Å². The Morgan fingerprint density at radius 2 is 2.36 bits per heavy atom. The topological polar surface area (TPSA) is 21.3 Å². The van der Waals surface area contributed by atoms with Crippen LogP contribution in [-0.4, -0.2) is 19.3 Å². The van der Waals surface area contributed by atoms with E-state index in [9.17, 15) is 0 Å². The van der Waals surface area contributed by atoms with Crippen LogP contribution in [0.15, 0.2) is 11.4 Å². The van der Waals surface area contributed by atoms with Gasteiger partial charge >= 0.3 is 0 Å². The maximum Gasteiger partial charge on any atom is 0.0824 e. The van der Waals surface area contributed by atoms with Crippen LogP contribution >= 0.6 is 11.3 Å². The maximum atomic E-state index is 5.55. The van der Waals surface area contributed by atoms with Gasteiger partial charge in [-0.3, -0.25) is 0 Å². The van der Waals surface area contributed by atoms with E-state index in [0.717, 1.165) is 13.0 Å². The molecule has 0 saturated heterocycles. The number of ether oxygens (including phenoxy) is 1. The van der Waals surface area contributed by atoms with Gasteiger partial charge < -0.3 is 10.1 Å². The number of nitrogens with one attached hydrogen (secondary N) is 1. The lowest BCUT2D eigenvalue weighted by atomic mass is 9.91. The van der Waals surface area contributed by atoms with Crippen molar-refractivity contribution < 1.29 is 4.74 Å². The lowest BCUT2D eigenvalue weighted by Crippen LogP contribution is -2.43. The van der Waals surface area contributed by atoms with Crippen LogP contribution in [0.1, 0.15) is 30.3 Å². The van der Waals surface area contributed by atoms with E-state index < -0.39 is 0 Å². The molecule has 2 nitrogen and oxygen atoms in total. The summed E-state index contributed by atoms with van der Waals surface area (Å²) in [5, 5.41) is 5.72. The molecule has 0 aromatic carbocycles. The zero-order chi connectivity index (χ0) is 10.2. The molecule has 0 bridgehead atoms. The van der Waals surface area contributed by atoms with E-state index in [-0.39, 0.29) is 5.60 Å². The van der Waals surface area contributed by atoms with Crippen LogP contribution in [0.4, 0.5) is 0 Å². The van der Waals surface area contributed by atoms with Gasteiger partial charge in [-0.2, -0.15) is 0 Å². The van der Waals surface area contributed by atoms with Crippen LogP contribution in [0.5, 0.6) is 0 Å². The van der Waals surface area contributed by atoms with Gasteiger partial charge in [-0.1, -0.05) is 0 Å². The summed E-state index contributed by atoms with van der Waals surface area (Å²) in [6, 6.07) is 2.58. The van der Waals surface area contributed by atoms with Crippen molar-refractivity contribution in [3.8, 4) is 0 Å². The first-order valence-electron chi connectivity index (χ1n) is 5.00. The van der Waals surface area contributed by atoms with Gasteiger partial charge in [0.25, 0.3) is 0 Å². The van der Waals surface area contributed by atoms with Crippen LogP contribution in [0.3, 0.4) is 0 Å². The molecule has 0 fully saturated rings. The number of rotatable bonds is 2. The molecule has 14 heavy (non-hydrogen) atoms. The van der Waals surface area contributed by atoms with Crippen molar-refractivity contribution in [3.05, 3.63) is 21.9 Å². The van der Waals surface area contributed by atoms with Gasteiger partial charge in [-0.15, -0.1) is 11.3 Å². The van der Waals surface area contributed by atoms with E-state index in [4.69, 9.17) is 4.74 Å². The van der Waals surface area contributed by atoms with Crippen molar-refractivity contribution in [1.82, 2.24) is 5.32 Å². The van der Waals surface area contributed by atoms with Crippen molar-refractivity contribution in [3.63, 3.8) is 0 Å². The van der Waals surface area contributed by atoms with Gasteiger partial charge in [0.2, 0.25) is 0 Å². The van der Waals surface area contributed by atoms with Crippen molar-refractivity contribution >= 4 is 11.3 Å². The largest absolute Gasteiger partial charge is 0.377 e. The molecule has 2 rings (SSSR count). The highest BCUT2D eigenvalue weighted by Gasteiger charge is 2.34. The molecule has 0 aliphatic carbocycles. The van der Waals surface area contributed by atoms with E-state index in [0.29, 0.717) is 6.04 Å². The average molecular weight is 211 g/mol. The van der Waals surface area contributed by atoms with Crippen molar-refractivity contribution in [2.45, 2.75) is 31.9 Å². The summed E-state index contributed by atoms with van der Waals surface area (Å²) in [5.41, 5.74) is 1.36. The smallest absolute Gasteiger partial charge is 0.0824 e. The summed E-state index contributed by atoms with van der Waals surface area (Å²) in [6.45, 7) is 5.33. The number of thiophene rings is 1. The van der Waals surface area contributed by atoms with Gasteiger partial charge in [0, 0.05) is 12.0 Å². The lowest BCUT2D eigenvalue weighted by Gasteiger charge is -2.36. The Kier molecular flexibility index (Phi) is 2.64. The van der Waals surface area contributed by atoms with Crippen LogP contribution in [0, 0.1) is 0 Å². The highest BCUT2D eigenvalue weighted by Crippen LogP contribution is 2.36. The summed E-state index contributed by atoms with van der Waals surface area (Å²) in [7, 11) is 1.78. The van der Waals surface area contributed by atoms with Crippen LogP contribution in [0.2, 0.25) is 0 Å². The first-order chi connectivity index (χ1) is 6.65. The third kappa shape index (κ3) is 1.60. The molecule has 1 unspecified atom stereocenters. The van der Waals surface area contributed by atoms with E-state index in [1.54, 1.807) is 7.11 Å². The SMILES string of the molecule is COC(C)(C)C1NCCc2ccsc21. The second kappa shape index (κ2) is 3.65. The molecule has 0 radical (unpaired) electrons. The van der Waals surface area contributed by atoms with Gasteiger partial charge in [-0.05, 0) is 43.8 Å². The lowest BCUT2D eigenvalue weighted by molar-refractivity contribution is -0.0117. The van der Waals surface area contributed by atoms with Crippen molar-refractivity contribution in [2.24, 2.45) is 0 Å². The molecule has 1 atom stereocenters. The summed E-state index contributed by atoms with van der Waals surface area (Å²) < 4.78 is 5.55. The molecule has 1 aliphatic heterocycles. The Bertz CT molecular complexity index is 319. The fourth-order valence-electron chi connectivity index (χ4n) is 1.93. The normalized spacial score (nSPS) is 22.1. The quantitative estimate of drug-likeness (QED) is 0.811. The predicted molar refractivity (Wildman–Crippen MR) is 59.9 cm³/mol. The molecule has 0 amide bonds. The Morgan fingerprint density at radius 1 is 1.57 bits per heavy atom. The zero-order valence-electron chi connectivity index (χ0n) is 8.96. The summed E-state index contributed by atoms with van der Waals surface area (Å²) >= 11 is 1.83. The molecule has 2 heterocycles. The molecule has 78 valence electrons. The minimum absolute atomic E-state index is 0.125. The average Bonchev–Trinajstić information content (AvgIpc) is 2.64. The molecule has 1 aliphatic rings. The van der Waals surface area contributed by atoms with Crippen molar-refractivity contribution in [2.75, 3.05) is 13.7 Å². The molecule has 1 aromatic heterocycles. The highest BCUT2D eigenvalue weighted by molar-refractivity contribution is 7.10. The van der Waals surface area contributed by atoms with Gasteiger partial charge in [0.05, 0.1) is 11.6 Å². The third-order valence-electron chi connectivity index (χ3n) is 3.01. The number of fused-ring (bicyclic) bond motifs is 1. The first kappa shape index (κ1) is 10.1. The van der Waals surface area contributed by atoms with Crippen molar-refractivity contribution in [1.29, 1.82) is 0 Å². The fraction of sp³-hybridized carbons (Fsp3) is 0.636. The minimum Gasteiger partial charge on any atom is -0.377 e. The monoisotopic (exact) mass is 211 g/mol. The van der Waals surface area contributed by atoms with Gasteiger partial charge in [0.15, 0.2) is 0 Å². The summed E-state index contributed by atoms with van der Waals surface area (Å²) in [5.74, 6) is 0. The third-order valence-corrected chi connectivity index (χ3v) is 4.03. The van der Waals surface area contributed by atoms with E-state index in [1.165, 1.54) is 10.4 Å². The Labute approximate surface area is 89.3 Å². The first-order valence-corrected chi connectivity index (χ1v) is 5.88. The Balaban J connectivity index is 2.32. The number of hydrogen-bond donors (Lipinski definition) is 1. The standard InChI is InChI=1S/C11H17NOS/c1-11(2,13-3)10-9-8(4-6-12-10)5-7-14-9/h5,7,10,12H,4,6H2,1-3H3. The van der Waals surface area contributed by atoms with E-state index in [1.807, 2.05) is 11.3 Å². The van der Waals surface area contributed by atoms with E-state index in [2.05, 4.69) is 30.6 Å². The number of methoxy groups -OCH3 is 1. The Morgan fingerprint density at radius 3 is 3.07 bits per heavy atom. The molecular weight excluding hydrogens is 194 g/mol. The molecule has 0 saturated carbocycles. The molecule has 3 heteroatoms. The zero-order valence-corrected chi connectivity index (χ0v) is 9.78. The minimum atomic E-state index is -0.125. The maximum absolute atomic E-state index is 5.55. The summed E-state index contributed by atoms with van der Waals surface area (Å²) in [6.07, 6.45) is 1.15. The van der Waals surface area contributed by atoms with Crippen LogP contribution in [0.25, 0.3) is 0 Å². The summed E-state index contributed by atoms with van der Waals surface area (Å²) in [4.78, 5) is 1.45. The second-order valence-electron chi connectivity index (χ2n) is 4.25. The van der Waals surface area contributed by atoms with Gasteiger partial charge in [0.1, 0.15) is 0 Å². The predicted octanol–water partition coefficient (Wildman–Crippen LogP) is 2.36. The molecule has 1 N–H and O–H groups in total. The Hall–Kier alpha value is -0.380. The molecule has 1 aromatic rings. The highest BCUT2D eigenvalue weighted by atomic mass is 32.1. The molecule has 0 spiro atoms. The molecular formula is C11H17NOS. The fourth-order valence-corrected chi connectivity index (χ4v) is 3.13. The number of hydrogen-bond acceptors (Lipinski definition) is 3.